The second-order valence-electron chi connectivity index (χ2n) is 4.11. The van der Waals surface area contributed by atoms with Crippen LogP contribution in [0.25, 0.3) is 0 Å². The van der Waals surface area contributed by atoms with Crippen LogP contribution >= 0.6 is 0 Å². The Kier molecular flexibility index (Phi) is 3.82. The van der Waals surface area contributed by atoms with Gasteiger partial charge < -0.3 is 4.74 Å². The van der Waals surface area contributed by atoms with Crippen molar-refractivity contribution in [2.75, 3.05) is 0 Å². The predicted octanol–water partition coefficient (Wildman–Crippen LogP) is 2.44. The summed E-state index contributed by atoms with van der Waals surface area (Å²) < 4.78 is 4.74. The first-order chi connectivity index (χ1) is 7.48. The molecule has 0 bridgehead atoms. The molecule has 0 radical (unpaired) electrons. The van der Waals surface area contributed by atoms with Gasteiger partial charge in [0.1, 0.15) is 0 Å². The number of rotatable bonds is 3. The Labute approximate surface area is 95.4 Å². The van der Waals surface area contributed by atoms with Gasteiger partial charge in [-0.1, -0.05) is 37.3 Å². The molecule has 0 aliphatic heterocycles. The summed E-state index contributed by atoms with van der Waals surface area (Å²) in [6.45, 7) is 5.15. The SMILES string of the molecule is CCC(=O)OC(=O)C(C)(C)c1ccccc1. The van der Waals surface area contributed by atoms with Gasteiger partial charge in [-0.25, -0.2) is 0 Å². The predicted molar refractivity (Wildman–Crippen MR) is 60.9 cm³/mol. The Bertz CT molecular complexity index is 379. The third-order valence-corrected chi connectivity index (χ3v) is 2.50. The van der Waals surface area contributed by atoms with Crippen LogP contribution in [0.3, 0.4) is 0 Å². The van der Waals surface area contributed by atoms with Crippen molar-refractivity contribution < 1.29 is 14.3 Å². The molecule has 0 aromatic heterocycles. The minimum absolute atomic E-state index is 0.205. The average Bonchev–Trinajstić information content (AvgIpc) is 2.29. The Balaban J connectivity index is 2.86. The number of hydrogen-bond acceptors (Lipinski definition) is 3. The number of hydrogen-bond donors (Lipinski definition) is 0. The molecule has 0 amide bonds. The fourth-order valence-electron chi connectivity index (χ4n) is 1.28. The lowest BCUT2D eigenvalue weighted by molar-refractivity contribution is -0.163. The third kappa shape index (κ3) is 2.69. The maximum Gasteiger partial charge on any atom is 0.323 e. The van der Waals surface area contributed by atoms with Crippen LogP contribution in [0.15, 0.2) is 30.3 Å². The Hall–Kier alpha value is -1.64. The molecule has 16 heavy (non-hydrogen) atoms. The Morgan fingerprint density at radius 2 is 1.75 bits per heavy atom. The highest BCUT2D eigenvalue weighted by atomic mass is 16.6. The summed E-state index contributed by atoms with van der Waals surface area (Å²) in [6.07, 6.45) is 0.205. The number of carbonyl (C=O) groups excluding carboxylic acids is 2. The van der Waals surface area contributed by atoms with E-state index in [-0.39, 0.29) is 6.42 Å². The zero-order chi connectivity index (χ0) is 12.2. The second-order valence-corrected chi connectivity index (χ2v) is 4.11. The maximum absolute atomic E-state index is 11.8. The number of carbonyl (C=O) groups is 2. The van der Waals surface area contributed by atoms with Crippen molar-refractivity contribution in [2.24, 2.45) is 0 Å². The van der Waals surface area contributed by atoms with Gasteiger partial charge in [-0.3, -0.25) is 9.59 Å². The van der Waals surface area contributed by atoms with Crippen molar-refractivity contribution in [1.29, 1.82) is 0 Å². The minimum Gasteiger partial charge on any atom is -0.393 e. The largest absolute Gasteiger partial charge is 0.393 e. The third-order valence-electron chi connectivity index (χ3n) is 2.50. The van der Waals surface area contributed by atoms with Gasteiger partial charge in [0, 0.05) is 6.42 Å². The first kappa shape index (κ1) is 12.4. The molecule has 3 nitrogen and oxygen atoms in total. The van der Waals surface area contributed by atoms with Crippen molar-refractivity contribution in [1.82, 2.24) is 0 Å². The van der Waals surface area contributed by atoms with Gasteiger partial charge in [0.15, 0.2) is 0 Å². The van der Waals surface area contributed by atoms with Crippen molar-refractivity contribution in [2.45, 2.75) is 32.6 Å². The fraction of sp³-hybridized carbons (Fsp3) is 0.385. The fourth-order valence-corrected chi connectivity index (χ4v) is 1.28. The van der Waals surface area contributed by atoms with Crippen LogP contribution in [0.2, 0.25) is 0 Å². The molecule has 1 aromatic rings. The van der Waals surface area contributed by atoms with Crippen LogP contribution in [0.4, 0.5) is 0 Å². The van der Waals surface area contributed by atoms with Gasteiger partial charge in [0.25, 0.3) is 0 Å². The van der Waals surface area contributed by atoms with Gasteiger partial charge in [-0.2, -0.15) is 0 Å². The summed E-state index contributed by atoms with van der Waals surface area (Å²) in [4.78, 5) is 22.8. The highest BCUT2D eigenvalue weighted by molar-refractivity contribution is 5.91. The minimum atomic E-state index is -0.800. The molecule has 0 heterocycles. The second kappa shape index (κ2) is 4.92. The van der Waals surface area contributed by atoms with Gasteiger partial charge in [-0.05, 0) is 19.4 Å². The molecule has 0 fully saturated rings. The molecule has 0 aliphatic carbocycles. The van der Waals surface area contributed by atoms with E-state index in [1.165, 1.54) is 0 Å². The summed E-state index contributed by atoms with van der Waals surface area (Å²) in [7, 11) is 0. The molecule has 0 saturated carbocycles. The molecule has 1 aromatic carbocycles. The zero-order valence-corrected chi connectivity index (χ0v) is 9.82. The van der Waals surface area contributed by atoms with Crippen LogP contribution in [-0.2, 0) is 19.7 Å². The average molecular weight is 220 g/mol. The lowest BCUT2D eigenvalue weighted by Gasteiger charge is -2.22. The van der Waals surface area contributed by atoms with E-state index in [9.17, 15) is 9.59 Å². The highest BCUT2D eigenvalue weighted by Gasteiger charge is 2.32. The van der Waals surface area contributed by atoms with Gasteiger partial charge >= 0.3 is 11.9 Å². The molecule has 0 unspecified atom stereocenters. The maximum atomic E-state index is 11.8. The molecule has 86 valence electrons. The van der Waals surface area contributed by atoms with E-state index in [0.29, 0.717) is 0 Å². The van der Waals surface area contributed by atoms with E-state index in [0.717, 1.165) is 5.56 Å². The van der Waals surface area contributed by atoms with Crippen molar-refractivity contribution >= 4 is 11.9 Å². The van der Waals surface area contributed by atoms with Crippen LogP contribution in [0.1, 0.15) is 32.8 Å². The van der Waals surface area contributed by atoms with E-state index in [1.807, 2.05) is 30.3 Å². The monoisotopic (exact) mass is 220 g/mol. The normalized spacial score (nSPS) is 10.9. The topological polar surface area (TPSA) is 43.4 Å². The van der Waals surface area contributed by atoms with Crippen molar-refractivity contribution in [3.8, 4) is 0 Å². The van der Waals surface area contributed by atoms with Gasteiger partial charge in [0.05, 0.1) is 5.41 Å². The van der Waals surface area contributed by atoms with Crippen molar-refractivity contribution in [3.05, 3.63) is 35.9 Å². The van der Waals surface area contributed by atoms with E-state index in [4.69, 9.17) is 4.74 Å². The zero-order valence-electron chi connectivity index (χ0n) is 9.82. The van der Waals surface area contributed by atoms with Crippen LogP contribution in [0, 0.1) is 0 Å². The molecular formula is C13H16O3. The first-order valence-corrected chi connectivity index (χ1v) is 5.29. The highest BCUT2D eigenvalue weighted by Crippen LogP contribution is 2.24. The van der Waals surface area contributed by atoms with Gasteiger partial charge in [0.2, 0.25) is 0 Å². The molecule has 0 N–H and O–H groups in total. The Morgan fingerprint density at radius 3 is 2.25 bits per heavy atom. The summed E-state index contributed by atoms with van der Waals surface area (Å²) in [5.74, 6) is -1.00. The molecule has 0 atom stereocenters. The summed E-state index contributed by atoms with van der Waals surface area (Å²) in [5, 5.41) is 0. The van der Waals surface area contributed by atoms with E-state index >= 15 is 0 Å². The molecule has 0 spiro atoms. The molecular weight excluding hydrogens is 204 g/mol. The first-order valence-electron chi connectivity index (χ1n) is 5.29. The standard InChI is InChI=1S/C13H16O3/c1-4-11(14)16-12(15)13(2,3)10-8-6-5-7-9-10/h5-9H,4H2,1-3H3. The van der Waals surface area contributed by atoms with Crippen LogP contribution in [0.5, 0.6) is 0 Å². The van der Waals surface area contributed by atoms with Crippen LogP contribution < -0.4 is 0 Å². The number of esters is 2. The summed E-state index contributed by atoms with van der Waals surface area (Å²) in [5.41, 5.74) is 0.0374. The molecule has 3 heteroatoms. The lowest BCUT2D eigenvalue weighted by Crippen LogP contribution is -2.32. The van der Waals surface area contributed by atoms with Crippen LogP contribution in [-0.4, -0.2) is 11.9 Å². The molecule has 0 saturated heterocycles. The number of ether oxygens (including phenoxy) is 1. The summed E-state index contributed by atoms with van der Waals surface area (Å²) >= 11 is 0. The smallest absolute Gasteiger partial charge is 0.323 e. The lowest BCUT2D eigenvalue weighted by atomic mass is 9.85. The summed E-state index contributed by atoms with van der Waals surface area (Å²) in [6, 6.07) is 9.27. The quantitative estimate of drug-likeness (QED) is 0.580. The van der Waals surface area contributed by atoms with Crippen molar-refractivity contribution in [3.63, 3.8) is 0 Å². The van der Waals surface area contributed by atoms with E-state index < -0.39 is 17.4 Å². The van der Waals surface area contributed by atoms with E-state index in [1.54, 1.807) is 20.8 Å². The molecule has 0 aliphatic rings. The molecule has 1 rings (SSSR count). The number of benzene rings is 1. The Morgan fingerprint density at radius 1 is 1.19 bits per heavy atom. The van der Waals surface area contributed by atoms with Gasteiger partial charge in [-0.15, -0.1) is 0 Å². The van der Waals surface area contributed by atoms with E-state index in [2.05, 4.69) is 0 Å².